The van der Waals surface area contributed by atoms with E-state index in [4.69, 9.17) is 55.3 Å². The number of halogens is 3. The number of nitrogens with one attached hydrogen (secondary N) is 5. The highest BCUT2D eigenvalue weighted by Crippen LogP contribution is 2.28. The summed E-state index contributed by atoms with van der Waals surface area (Å²) in [5.41, 5.74) is 8.13. The SMILES string of the molecule is CCN/C=C(\C=N)C(=N)c1cc(C(=N)OC(=N)C2CCCN(Cc3cc(F)c(Cl)cc3Cl)C2)ccc1N. The van der Waals surface area contributed by atoms with Gasteiger partial charge in [-0.05, 0) is 62.2 Å². The second-order valence-corrected chi connectivity index (χ2v) is 9.52. The Labute approximate surface area is 225 Å². The third kappa shape index (κ3) is 7.15. The number of benzene rings is 2. The number of likely N-dealkylation sites (tertiary alicyclic amines) is 1. The van der Waals surface area contributed by atoms with Crippen LogP contribution in [0.25, 0.3) is 0 Å². The van der Waals surface area contributed by atoms with Crippen LogP contribution >= 0.6 is 23.2 Å². The number of rotatable bonds is 9. The van der Waals surface area contributed by atoms with Crippen LogP contribution in [0.5, 0.6) is 0 Å². The van der Waals surface area contributed by atoms with Crippen molar-refractivity contribution in [3.05, 3.63) is 74.7 Å². The summed E-state index contributed by atoms with van der Waals surface area (Å²) in [6, 6.07) is 7.46. The molecule has 196 valence electrons. The first-order valence-electron chi connectivity index (χ1n) is 11.8. The second-order valence-electron chi connectivity index (χ2n) is 8.71. The van der Waals surface area contributed by atoms with Crippen molar-refractivity contribution in [1.82, 2.24) is 10.2 Å². The van der Waals surface area contributed by atoms with E-state index in [1.165, 1.54) is 12.1 Å². The maximum absolute atomic E-state index is 13.9. The molecule has 1 atom stereocenters. The molecule has 0 amide bonds. The first-order valence-corrected chi connectivity index (χ1v) is 12.5. The molecule has 0 spiro atoms. The Morgan fingerprint density at radius 1 is 1.22 bits per heavy atom. The van der Waals surface area contributed by atoms with Crippen LogP contribution in [0, 0.1) is 33.4 Å². The van der Waals surface area contributed by atoms with Crippen LogP contribution in [0.15, 0.2) is 42.1 Å². The van der Waals surface area contributed by atoms with Crippen LogP contribution in [-0.2, 0) is 11.3 Å². The normalized spacial score (nSPS) is 16.2. The minimum atomic E-state index is -0.528. The minimum Gasteiger partial charge on any atom is -0.425 e. The lowest BCUT2D eigenvalue weighted by molar-refractivity contribution is 0.187. The molecule has 1 unspecified atom stereocenters. The molecule has 7 N–H and O–H groups in total. The molecule has 1 fully saturated rings. The second kappa shape index (κ2) is 12.8. The number of hydrogen-bond donors (Lipinski definition) is 6. The third-order valence-electron chi connectivity index (χ3n) is 6.06. The highest BCUT2D eigenvalue weighted by atomic mass is 35.5. The molecular weight excluding hydrogens is 516 g/mol. The molecule has 1 aliphatic rings. The van der Waals surface area contributed by atoms with Crippen molar-refractivity contribution in [2.45, 2.75) is 26.3 Å². The molecule has 0 bridgehead atoms. The van der Waals surface area contributed by atoms with Gasteiger partial charge in [-0.15, -0.1) is 0 Å². The lowest BCUT2D eigenvalue weighted by Gasteiger charge is -2.32. The van der Waals surface area contributed by atoms with Gasteiger partial charge in [-0.25, -0.2) is 4.39 Å². The van der Waals surface area contributed by atoms with Crippen molar-refractivity contribution in [3.8, 4) is 0 Å². The predicted octanol–water partition coefficient (Wildman–Crippen LogP) is 5.46. The maximum atomic E-state index is 13.9. The molecule has 1 saturated heterocycles. The summed E-state index contributed by atoms with van der Waals surface area (Å²) in [7, 11) is 0. The summed E-state index contributed by atoms with van der Waals surface area (Å²) < 4.78 is 19.5. The number of allylic oxidation sites excluding steroid dienone is 1. The maximum Gasteiger partial charge on any atom is 0.220 e. The molecule has 37 heavy (non-hydrogen) atoms. The van der Waals surface area contributed by atoms with Gasteiger partial charge in [0.2, 0.25) is 5.90 Å². The Morgan fingerprint density at radius 2 is 1.97 bits per heavy atom. The molecule has 2 aromatic carbocycles. The van der Waals surface area contributed by atoms with E-state index in [0.717, 1.165) is 25.6 Å². The largest absolute Gasteiger partial charge is 0.425 e. The first-order chi connectivity index (χ1) is 17.6. The summed E-state index contributed by atoms with van der Waals surface area (Å²) in [4.78, 5) is 2.07. The Bertz CT molecular complexity index is 1250. The van der Waals surface area contributed by atoms with E-state index in [9.17, 15) is 4.39 Å². The van der Waals surface area contributed by atoms with Crippen LogP contribution in [-0.4, -0.2) is 48.3 Å². The lowest BCUT2D eigenvalue weighted by Crippen LogP contribution is -2.39. The fourth-order valence-corrected chi connectivity index (χ4v) is 4.50. The number of piperidine rings is 1. The van der Waals surface area contributed by atoms with Gasteiger partial charge in [0, 0.05) is 65.4 Å². The number of anilines is 1. The minimum absolute atomic E-state index is 0.0254. The Morgan fingerprint density at radius 3 is 2.68 bits per heavy atom. The van der Waals surface area contributed by atoms with E-state index in [1.807, 2.05) is 6.92 Å². The van der Waals surface area contributed by atoms with Crippen molar-refractivity contribution in [3.63, 3.8) is 0 Å². The number of hydrogen-bond acceptors (Lipinski definition) is 8. The van der Waals surface area contributed by atoms with Gasteiger partial charge >= 0.3 is 0 Å². The molecule has 1 heterocycles. The lowest BCUT2D eigenvalue weighted by atomic mass is 9.97. The summed E-state index contributed by atoms with van der Waals surface area (Å²) in [5.74, 6) is -1.04. The quantitative estimate of drug-likeness (QED) is 0.107. The predicted molar refractivity (Wildman–Crippen MR) is 148 cm³/mol. The van der Waals surface area contributed by atoms with E-state index in [0.29, 0.717) is 52.6 Å². The van der Waals surface area contributed by atoms with Crippen LogP contribution in [0.4, 0.5) is 10.1 Å². The van der Waals surface area contributed by atoms with Gasteiger partial charge in [0.15, 0.2) is 5.90 Å². The van der Waals surface area contributed by atoms with Crippen LogP contribution in [0.2, 0.25) is 10.0 Å². The summed E-state index contributed by atoms with van der Waals surface area (Å²) >= 11 is 12.0. The number of nitrogens with zero attached hydrogens (tertiary/aromatic N) is 1. The highest BCUT2D eigenvalue weighted by molar-refractivity contribution is 6.35. The molecular formula is C26H30Cl2FN7O. The summed E-state index contributed by atoms with van der Waals surface area (Å²) in [6.45, 7) is 4.22. The molecule has 2 aromatic rings. The molecule has 0 aliphatic carbocycles. The number of ether oxygens (including phenoxy) is 1. The van der Waals surface area contributed by atoms with Crippen LogP contribution in [0.3, 0.4) is 0 Å². The average molecular weight is 546 g/mol. The third-order valence-corrected chi connectivity index (χ3v) is 6.70. The topological polar surface area (TPSA) is 146 Å². The van der Waals surface area contributed by atoms with E-state index in [-0.39, 0.29) is 28.4 Å². The first kappa shape index (κ1) is 28.3. The Kier molecular flexibility index (Phi) is 9.79. The van der Waals surface area contributed by atoms with E-state index in [1.54, 1.807) is 24.4 Å². The molecule has 0 radical (unpaired) electrons. The molecule has 11 heteroatoms. The fourth-order valence-electron chi connectivity index (χ4n) is 4.06. The van der Waals surface area contributed by atoms with Crippen molar-refractivity contribution in [2.75, 3.05) is 25.4 Å². The molecule has 0 saturated carbocycles. The van der Waals surface area contributed by atoms with Gasteiger partial charge < -0.3 is 21.2 Å². The number of nitrogens with two attached hydrogens (primary N) is 1. The summed E-state index contributed by atoms with van der Waals surface area (Å²) in [5, 5.41) is 36.3. The van der Waals surface area contributed by atoms with Gasteiger partial charge in [0.1, 0.15) is 5.82 Å². The zero-order valence-electron chi connectivity index (χ0n) is 20.4. The Balaban J connectivity index is 1.68. The monoisotopic (exact) mass is 545 g/mol. The van der Waals surface area contributed by atoms with Gasteiger partial charge in [-0.2, -0.15) is 0 Å². The Hall–Kier alpha value is -3.27. The zero-order chi connectivity index (χ0) is 27.1. The number of nitrogen functional groups attached to an aromatic ring is 1. The molecule has 3 rings (SSSR count). The van der Waals surface area contributed by atoms with Crippen molar-refractivity contribution in [1.29, 1.82) is 21.6 Å². The van der Waals surface area contributed by atoms with Crippen molar-refractivity contribution in [2.24, 2.45) is 5.92 Å². The standard InChI is InChI=1S/C26H30Cl2FN7O/c1-2-35-12-18(11-30)24(32)19-8-15(5-6-23(19)31)25(33)37-26(34)16-4-3-7-36(13-16)14-17-9-22(29)21(28)10-20(17)27/h5-6,8-12,16,30,32-35H,2-4,7,13-14,31H2,1H3/b18-12+,30-11?,32-24?,33-25?,34-26?. The van der Waals surface area contributed by atoms with E-state index >= 15 is 0 Å². The molecule has 1 aliphatic heterocycles. The van der Waals surface area contributed by atoms with Crippen molar-refractivity contribution < 1.29 is 9.13 Å². The average Bonchev–Trinajstić information content (AvgIpc) is 2.88. The van der Waals surface area contributed by atoms with Crippen LogP contribution < -0.4 is 11.1 Å². The summed E-state index contributed by atoms with van der Waals surface area (Å²) in [6.07, 6.45) is 4.17. The van der Waals surface area contributed by atoms with E-state index in [2.05, 4.69) is 10.2 Å². The zero-order valence-corrected chi connectivity index (χ0v) is 21.9. The van der Waals surface area contributed by atoms with Gasteiger partial charge in [-0.3, -0.25) is 21.1 Å². The van der Waals surface area contributed by atoms with Gasteiger partial charge in [0.05, 0.1) is 10.7 Å². The smallest absolute Gasteiger partial charge is 0.220 e. The van der Waals surface area contributed by atoms with Crippen LogP contribution in [0.1, 0.15) is 36.5 Å². The van der Waals surface area contributed by atoms with E-state index < -0.39 is 5.82 Å². The van der Waals surface area contributed by atoms with Gasteiger partial charge in [-0.1, -0.05) is 23.2 Å². The molecule has 0 aromatic heterocycles. The fraction of sp³-hybridized carbons (Fsp3) is 0.308. The van der Waals surface area contributed by atoms with Crippen molar-refractivity contribution >= 4 is 52.6 Å². The molecule has 8 nitrogen and oxygen atoms in total. The highest BCUT2D eigenvalue weighted by Gasteiger charge is 2.26. The van der Waals surface area contributed by atoms with Gasteiger partial charge in [0.25, 0.3) is 0 Å².